The van der Waals surface area contributed by atoms with Crippen molar-refractivity contribution in [1.29, 1.82) is 0 Å². The molecule has 1 aromatic rings. The fraction of sp³-hybridized carbons (Fsp3) is 0.438. The van der Waals surface area contributed by atoms with E-state index in [1.807, 2.05) is 0 Å². The fourth-order valence-electron chi connectivity index (χ4n) is 2.68. The third kappa shape index (κ3) is 4.41. The Bertz CT molecular complexity index is 554. The molecule has 0 unspecified atom stereocenters. The van der Waals surface area contributed by atoms with Crippen LogP contribution in [-0.2, 0) is 4.79 Å². The number of non-ortho nitro benzene ring substituents is 1. The molecule has 0 aromatic heterocycles. The van der Waals surface area contributed by atoms with Gasteiger partial charge in [-0.25, -0.2) is 0 Å². The van der Waals surface area contributed by atoms with Gasteiger partial charge in [-0.15, -0.1) is 0 Å². The van der Waals surface area contributed by atoms with E-state index in [0.717, 1.165) is 19.3 Å². The van der Waals surface area contributed by atoms with Crippen molar-refractivity contribution in [1.82, 2.24) is 5.32 Å². The molecule has 1 fully saturated rings. The summed E-state index contributed by atoms with van der Waals surface area (Å²) in [5.74, 6) is 0.370. The van der Waals surface area contributed by atoms with E-state index < -0.39 is 4.92 Å². The maximum atomic E-state index is 11.9. The van der Waals surface area contributed by atoms with Crippen molar-refractivity contribution < 1.29 is 9.72 Å². The smallest absolute Gasteiger partial charge is 0.270 e. The molecule has 1 aliphatic carbocycles. The van der Waals surface area contributed by atoms with Crippen molar-refractivity contribution in [3.63, 3.8) is 0 Å². The van der Waals surface area contributed by atoms with Crippen LogP contribution < -0.4 is 5.32 Å². The predicted molar refractivity (Wildman–Crippen MR) is 81.7 cm³/mol. The Kier molecular flexibility index (Phi) is 5.09. The summed E-state index contributed by atoms with van der Waals surface area (Å²) < 4.78 is 0. The van der Waals surface area contributed by atoms with E-state index in [9.17, 15) is 14.9 Å². The summed E-state index contributed by atoms with van der Waals surface area (Å²) in [4.78, 5) is 22.2. The van der Waals surface area contributed by atoms with Gasteiger partial charge in [-0.2, -0.15) is 0 Å². The Balaban J connectivity index is 1.95. The molecule has 0 spiro atoms. The molecule has 5 heteroatoms. The van der Waals surface area contributed by atoms with Crippen LogP contribution >= 0.6 is 0 Å². The summed E-state index contributed by atoms with van der Waals surface area (Å²) in [5.41, 5.74) is 0.675. The van der Waals surface area contributed by atoms with Gasteiger partial charge >= 0.3 is 0 Å². The summed E-state index contributed by atoms with van der Waals surface area (Å²) in [6.07, 6.45) is 7.62. The van der Waals surface area contributed by atoms with Gasteiger partial charge in [0.2, 0.25) is 5.91 Å². The van der Waals surface area contributed by atoms with Crippen LogP contribution in [0.5, 0.6) is 0 Å². The first-order valence-corrected chi connectivity index (χ1v) is 7.29. The van der Waals surface area contributed by atoms with Crippen LogP contribution in [-0.4, -0.2) is 16.9 Å². The number of benzene rings is 1. The lowest BCUT2D eigenvalue weighted by molar-refractivity contribution is -0.384. The second-order valence-electron chi connectivity index (χ2n) is 5.56. The van der Waals surface area contributed by atoms with E-state index in [4.69, 9.17) is 0 Å². The minimum absolute atomic E-state index is 0.0264. The SMILES string of the molecule is C[C@@H]1CCCC[C@@H]1NC(=O)/C=C/c1cccc([N+](=O)[O-])c1. The number of carbonyl (C=O) groups is 1. The van der Waals surface area contributed by atoms with Crippen LogP contribution in [0.2, 0.25) is 0 Å². The summed E-state index contributed by atoms with van der Waals surface area (Å²) in [6.45, 7) is 2.16. The second kappa shape index (κ2) is 7.02. The molecule has 0 aliphatic heterocycles. The van der Waals surface area contributed by atoms with Gasteiger partial charge in [0.05, 0.1) is 4.92 Å². The molecule has 21 heavy (non-hydrogen) atoms. The number of hydrogen-bond acceptors (Lipinski definition) is 3. The van der Waals surface area contributed by atoms with Crippen LogP contribution in [0.1, 0.15) is 38.2 Å². The van der Waals surface area contributed by atoms with E-state index >= 15 is 0 Å². The lowest BCUT2D eigenvalue weighted by Crippen LogP contribution is -2.40. The molecular formula is C16H20N2O3. The highest BCUT2D eigenvalue weighted by atomic mass is 16.6. The summed E-state index contributed by atoms with van der Waals surface area (Å²) in [6, 6.07) is 6.47. The largest absolute Gasteiger partial charge is 0.350 e. The standard InChI is InChI=1S/C16H20N2O3/c1-12-5-2-3-8-15(12)17-16(19)10-9-13-6-4-7-14(11-13)18(20)21/h4,6-7,9-12,15H,2-3,5,8H2,1H3,(H,17,19)/b10-9+/t12-,15+/m1/s1. The quantitative estimate of drug-likeness (QED) is 0.525. The summed E-state index contributed by atoms with van der Waals surface area (Å²) >= 11 is 0. The summed E-state index contributed by atoms with van der Waals surface area (Å²) in [7, 11) is 0. The predicted octanol–water partition coefficient (Wildman–Crippen LogP) is 3.30. The van der Waals surface area contributed by atoms with Gasteiger partial charge in [-0.3, -0.25) is 14.9 Å². The van der Waals surface area contributed by atoms with E-state index in [1.54, 1.807) is 18.2 Å². The van der Waals surface area contributed by atoms with E-state index in [2.05, 4.69) is 12.2 Å². The highest BCUT2D eigenvalue weighted by molar-refractivity contribution is 5.92. The molecule has 2 atom stereocenters. The average molecular weight is 288 g/mol. The van der Waals surface area contributed by atoms with E-state index in [0.29, 0.717) is 11.5 Å². The number of nitrogens with one attached hydrogen (secondary N) is 1. The monoisotopic (exact) mass is 288 g/mol. The van der Waals surface area contributed by atoms with Gasteiger partial charge in [0.25, 0.3) is 5.69 Å². The maximum Gasteiger partial charge on any atom is 0.270 e. The van der Waals surface area contributed by atoms with Gasteiger partial charge in [0.15, 0.2) is 0 Å². The molecule has 0 saturated heterocycles. The number of nitrogens with zero attached hydrogens (tertiary/aromatic N) is 1. The first-order valence-electron chi connectivity index (χ1n) is 7.29. The van der Waals surface area contributed by atoms with Gasteiger partial charge in [-0.05, 0) is 30.4 Å². The van der Waals surface area contributed by atoms with Crippen LogP contribution in [0.4, 0.5) is 5.69 Å². The number of rotatable bonds is 4. The van der Waals surface area contributed by atoms with E-state index in [1.165, 1.54) is 24.6 Å². The van der Waals surface area contributed by atoms with Crippen LogP contribution in [0.15, 0.2) is 30.3 Å². The molecule has 2 rings (SSSR count). The molecule has 1 aromatic carbocycles. The molecule has 1 aliphatic rings. The normalized spacial score (nSPS) is 22.1. The summed E-state index contributed by atoms with van der Waals surface area (Å²) in [5, 5.41) is 13.7. The Hall–Kier alpha value is -2.17. The second-order valence-corrected chi connectivity index (χ2v) is 5.56. The molecule has 1 N–H and O–H groups in total. The van der Waals surface area contributed by atoms with Crippen molar-refractivity contribution in [3.05, 3.63) is 46.0 Å². The first kappa shape index (κ1) is 15.2. The lowest BCUT2D eigenvalue weighted by Gasteiger charge is -2.29. The molecule has 0 bridgehead atoms. The van der Waals surface area contributed by atoms with Gasteiger partial charge in [-0.1, -0.05) is 31.9 Å². The molecule has 0 heterocycles. The topological polar surface area (TPSA) is 72.2 Å². The van der Waals surface area contributed by atoms with Crippen LogP contribution in [0.25, 0.3) is 6.08 Å². The number of amides is 1. The Morgan fingerprint density at radius 1 is 1.38 bits per heavy atom. The Morgan fingerprint density at radius 3 is 2.86 bits per heavy atom. The zero-order valence-electron chi connectivity index (χ0n) is 12.1. The number of hydrogen-bond donors (Lipinski definition) is 1. The molecule has 1 saturated carbocycles. The first-order chi connectivity index (χ1) is 10.1. The average Bonchev–Trinajstić information content (AvgIpc) is 2.48. The fourth-order valence-corrected chi connectivity index (χ4v) is 2.68. The van der Waals surface area contributed by atoms with Gasteiger partial charge in [0.1, 0.15) is 0 Å². The van der Waals surface area contributed by atoms with Crippen LogP contribution in [0, 0.1) is 16.0 Å². The van der Waals surface area contributed by atoms with Crippen molar-refractivity contribution in [2.45, 2.75) is 38.6 Å². The lowest BCUT2D eigenvalue weighted by atomic mass is 9.86. The maximum absolute atomic E-state index is 11.9. The molecular weight excluding hydrogens is 268 g/mol. The zero-order valence-corrected chi connectivity index (χ0v) is 12.1. The highest BCUT2D eigenvalue weighted by Crippen LogP contribution is 2.23. The third-order valence-corrected chi connectivity index (χ3v) is 3.95. The number of nitro groups is 1. The molecule has 1 amide bonds. The van der Waals surface area contributed by atoms with Gasteiger partial charge < -0.3 is 5.32 Å². The third-order valence-electron chi connectivity index (χ3n) is 3.95. The Labute approximate surface area is 124 Å². The van der Waals surface area contributed by atoms with Crippen molar-refractivity contribution in [3.8, 4) is 0 Å². The molecule has 112 valence electrons. The van der Waals surface area contributed by atoms with Crippen molar-refractivity contribution in [2.24, 2.45) is 5.92 Å². The number of carbonyl (C=O) groups excluding carboxylic acids is 1. The van der Waals surface area contributed by atoms with Crippen molar-refractivity contribution >= 4 is 17.7 Å². The minimum Gasteiger partial charge on any atom is -0.350 e. The van der Waals surface area contributed by atoms with Gasteiger partial charge in [0, 0.05) is 24.3 Å². The van der Waals surface area contributed by atoms with Crippen molar-refractivity contribution in [2.75, 3.05) is 0 Å². The Morgan fingerprint density at radius 2 is 2.14 bits per heavy atom. The molecule has 5 nitrogen and oxygen atoms in total. The minimum atomic E-state index is -0.443. The highest BCUT2D eigenvalue weighted by Gasteiger charge is 2.21. The number of nitro benzene ring substituents is 1. The van der Waals surface area contributed by atoms with Crippen LogP contribution in [0.3, 0.4) is 0 Å². The molecule has 0 radical (unpaired) electrons. The van der Waals surface area contributed by atoms with E-state index in [-0.39, 0.29) is 17.6 Å². The zero-order chi connectivity index (χ0) is 15.2.